The Morgan fingerprint density at radius 3 is 2.26 bits per heavy atom. The Hall–Kier alpha value is -2.08. The lowest BCUT2D eigenvalue weighted by Crippen LogP contribution is -2.62. The van der Waals surface area contributed by atoms with E-state index in [0.29, 0.717) is 11.3 Å². The third-order valence-electron chi connectivity index (χ3n) is 4.30. The van der Waals surface area contributed by atoms with Gasteiger partial charge in [-0.15, -0.1) is 0 Å². The second-order valence-corrected chi connectivity index (χ2v) is 9.68. The van der Waals surface area contributed by atoms with Crippen LogP contribution in [0.4, 0.5) is 10.5 Å². The standard InChI is InChI=1S/C21H33N3O3/c1-19(2,3)27-18(26)23-15-10-8-9-14(11-15)17(25)22-16-12-20(4,5)24-21(6,7)13-16/h8-11,16,24H,12-13H2,1-7H3,(H,22,25)(H,23,26). The Bertz CT molecular complexity index is 689. The van der Waals surface area contributed by atoms with Gasteiger partial charge in [0.1, 0.15) is 5.60 Å². The maximum atomic E-state index is 12.7. The molecule has 1 aliphatic rings. The van der Waals surface area contributed by atoms with Crippen molar-refractivity contribution in [1.29, 1.82) is 0 Å². The molecule has 0 bridgehead atoms. The predicted octanol–water partition coefficient (Wildman–Crippen LogP) is 4.07. The molecule has 150 valence electrons. The molecule has 1 aliphatic heterocycles. The number of ether oxygens (including phenoxy) is 1. The van der Waals surface area contributed by atoms with Crippen LogP contribution in [0.2, 0.25) is 0 Å². The van der Waals surface area contributed by atoms with Crippen LogP contribution < -0.4 is 16.0 Å². The van der Waals surface area contributed by atoms with Gasteiger partial charge in [-0.05, 0) is 79.5 Å². The highest BCUT2D eigenvalue weighted by molar-refractivity contribution is 5.96. The number of anilines is 1. The van der Waals surface area contributed by atoms with Crippen LogP contribution in [-0.4, -0.2) is 34.7 Å². The van der Waals surface area contributed by atoms with Crippen LogP contribution in [-0.2, 0) is 4.74 Å². The molecule has 0 saturated carbocycles. The molecule has 3 N–H and O–H groups in total. The molecule has 6 nitrogen and oxygen atoms in total. The fraction of sp³-hybridized carbons (Fsp3) is 0.619. The van der Waals surface area contributed by atoms with Gasteiger partial charge in [0.15, 0.2) is 0 Å². The largest absolute Gasteiger partial charge is 0.444 e. The summed E-state index contributed by atoms with van der Waals surface area (Å²) in [6.45, 7) is 14.0. The molecule has 0 atom stereocenters. The molecule has 1 aromatic carbocycles. The van der Waals surface area contributed by atoms with Crippen molar-refractivity contribution in [2.45, 2.75) is 84.0 Å². The van der Waals surface area contributed by atoms with Crippen LogP contribution in [0.15, 0.2) is 24.3 Å². The first-order chi connectivity index (χ1) is 12.2. The minimum absolute atomic E-state index is 0.0419. The van der Waals surface area contributed by atoms with E-state index in [2.05, 4.69) is 43.6 Å². The van der Waals surface area contributed by atoms with Crippen molar-refractivity contribution in [3.8, 4) is 0 Å². The van der Waals surface area contributed by atoms with Gasteiger partial charge in [0.05, 0.1) is 0 Å². The maximum absolute atomic E-state index is 12.7. The molecule has 1 heterocycles. The summed E-state index contributed by atoms with van der Waals surface area (Å²) in [5.41, 5.74) is 0.383. The van der Waals surface area contributed by atoms with Crippen molar-refractivity contribution in [3.05, 3.63) is 29.8 Å². The lowest BCUT2D eigenvalue weighted by molar-refractivity contribution is 0.0635. The van der Waals surface area contributed by atoms with Crippen molar-refractivity contribution in [2.75, 3.05) is 5.32 Å². The van der Waals surface area contributed by atoms with E-state index in [1.165, 1.54) is 0 Å². The molecule has 0 unspecified atom stereocenters. The number of hydrogen-bond acceptors (Lipinski definition) is 4. The van der Waals surface area contributed by atoms with Crippen molar-refractivity contribution in [1.82, 2.24) is 10.6 Å². The second-order valence-electron chi connectivity index (χ2n) is 9.68. The Balaban J connectivity index is 2.04. The fourth-order valence-corrected chi connectivity index (χ4v) is 3.85. The Morgan fingerprint density at radius 1 is 1.11 bits per heavy atom. The highest BCUT2D eigenvalue weighted by Crippen LogP contribution is 2.28. The Kier molecular flexibility index (Phi) is 5.90. The zero-order chi connectivity index (χ0) is 20.5. The third kappa shape index (κ3) is 6.86. The monoisotopic (exact) mass is 375 g/mol. The van der Waals surface area contributed by atoms with Crippen LogP contribution in [0.25, 0.3) is 0 Å². The number of rotatable bonds is 3. The van der Waals surface area contributed by atoms with Gasteiger partial charge in [-0.1, -0.05) is 6.07 Å². The molecule has 0 aliphatic carbocycles. The molecule has 1 saturated heterocycles. The van der Waals surface area contributed by atoms with Crippen LogP contribution in [0, 0.1) is 0 Å². The number of nitrogens with one attached hydrogen (secondary N) is 3. The van der Waals surface area contributed by atoms with Gasteiger partial charge in [-0.25, -0.2) is 4.79 Å². The van der Waals surface area contributed by atoms with Crippen LogP contribution in [0.3, 0.4) is 0 Å². The van der Waals surface area contributed by atoms with E-state index < -0.39 is 11.7 Å². The average molecular weight is 376 g/mol. The number of carbonyl (C=O) groups excluding carboxylic acids is 2. The fourth-order valence-electron chi connectivity index (χ4n) is 3.85. The summed E-state index contributed by atoms with van der Waals surface area (Å²) in [7, 11) is 0. The smallest absolute Gasteiger partial charge is 0.412 e. The number of amides is 2. The van der Waals surface area contributed by atoms with Crippen molar-refractivity contribution in [2.24, 2.45) is 0 Å². The number of carbonyl (C=O) groups is 2. The number of hydrogen-bond donors (Lipinski definition) is 3. The van der Waals surface area contributed by atoms with E-state index in [1.807, 2.05) is 0 Å². The summed E-state index contributed by atoms with van der Waals surface area (Å²) in [5.74, 6) is -0.138. The van der Waals surface area contributed by atoms with Crippen LogP contribution in [0.5, 0.6) is 0 Å². The Morgan fingerprint density at radius 2 is 1.70 bits per heavy atom. The summed E-state index contributed by atoms with van der Waals surface area (Å²) >= 11 is 0. The van der Waals surface area contributed by atoms with Gasteiger partial charge in [-0.3, -0.25) is 10.1 Å². The summed E-state index contributed by atoms with van der Waals surface area (Å²) in [6.07, 6.45) is 1.18. The predicted molar refractivity (Wildman–Crippen MR) is 108 cm³/mol. The first-order valence-corrected chi connectivity index (χ1v) is 9.45. The van der Waals surface area contributed by atoms with E-state index in [1.54, 1.807) is 45.0 Å². The first-order valence-electron chi connectivity index (χ1n) is 9.45. The molecule has 6 heteroatoms. The van der Waals surface area contributed by atoms with Gasteiger partial charge in [0.25, 0.3) is 5.91 Å². The SMILES string of the molecule is CC1(C)CC(NC(=O)c2cccc(NC(=O)OC(C)(C)C)c2)CC(C)(C)N1. The lowest BCUT2D eigenvalue weighted by atomic mass is 9.79. The van der Waals surface area contributed by atoms with Crippen LogP contribution in [0.1, 0.15) is 71.7 Å². The van der Waals surface area contributed by atoms with Gasteiger partial charge in [-0.2, -0.15) is 0 Å². The molecule has 1 aromatic rings. The molecule has 0 radical (unpaired) electrons. The summed E-state index contributed by atoms with van der Waals surface area (Å²) < 4.78 is 5.25. The lowest BCUT2D eigenvalue weighted by Gasteiger charge is -2.46. The topological polar surface area (TPSA) is 79.5 Å². The van der Waals surface area contributed by atoms with Crippen molar-refractivity contribution < 1.29 is 14.3 Å². The highest BCUT2D eigenvalue weighted by atomic mass is 16.6. The molecular weight excluding hydrogens is 342 g/mol. The van der Waals surface area contributed by atoms with E-state index in [-0.39, 0.29) is 23.0 Å². The normalized spacial score (nSPS) is 19.2. The van der Waals surface area contributed by atoms with Crippen LogP contribution >= 0.6 is 0 Å². The number of benzene rings is 1. The molecular formula is C21H33N3O3. The summed E-state index contributed by atoms with van der Waals surface area (Å²) in [6, 6.07) is 6.98. The van der Waals surface area contributed by atoms with E-state index >= 15 is 0 Å². The quantitative estimate of drug-likeness (QED) is 0.744. The average Bonchev–Trinajstić information content (AvgIpc) is 2.41. The molecule has 2 rings (SSSR count). The van der Waals surface area contributed by atoms with E-state index in [4.69, 9.17) is 4.74 Å². The van der Waals surface area contributed by atoms with Gasteiger partial charge < -0.3 is 15.4 Å². The van der Waals surface area contributed by atoms with E-state index in [9.17, 15) is 9.59 Å². The Labute approximate surface area is 162 Å². The van der Waals surface area contributed by atoms with Gasteiger partial charge in [0, 0.05) is 28.4 Å². The third-order valence-corrected chi connectivity index (χ3v) is 4.30. The zero-order valence-corrected chi connectivity index (χ0v) is 17.5. The minimum atomic E-state index is -0.576. The summed E-state index contributed by atoms with van der Waals surface area (Å²) in [5, 5.41) is 9.43. The molecule has 1 fully saturated rings. The molecule has 0 spiro atoms. The molecule has 27 heavy (non-hydrogen) atoms. The van der Waals surface area contributed by atoms with Gasteiger partial charge >= 0.3 is 6.09 Å². The zero-order valence-electron chi connectivity index (χ0n) is 17.5. The highest BCUT2D eigenvalue weighted by Gasteiger charge is 2.38. The van der Waals surface area contributed by atoms with E-state index in [0.717, 1.165) is 12.8 Å². The second kappa shape index (κ2) is 7.50. The minimum Gasteiger partial charge on any atom is -0.444 e. The maximum Gasteiger partial charge on any atom is 0.412 e. The van der Waals surface area contributed by atoms with Gasteiger partial charge in [0.2, 0.25) is 0 Å². The molecule has 0 aromatic heterocycles. The number of piperidine rings is 1. The van der Waals surface area contributed by atoms with Crippen molar-refractivity contribution >= 4 is 17.7 Å². The molecule has 2 amide bonds. The first kappa shape index (κ1) is 21.2. The van der Waals surface area contributed by atoms with Crippen molar-refractivity contribution in [3.63, 3.8) is 0 Å². The summed E-state index contributed by atoms with van der Waals surface area (Å²) in [4.78, 5) is 24.7.